The molecule has 0 aromatic heterocycles. The van der Waals surface area contributed by atoms with Crippen molar-refractivity contribution in [2.75, 3.05) is 19.6 Å². The number of aliphatic hydroxyl groups is 1. The van der Waals surface area contributed by atoms with Crippen LogP contribution in [0.4, 0.5) is 0 Å². The Hall–Kier alpha value is -1.10. The monoisotopic (exact) mass is 270 g/mol. The molecule has 0 saturated heterocycles. The van der Waals surface area contributed by atoms with E-state index in [1.54, 1.807) is 25.1 Å². The molecular formula is C13H19ClN2O2. The topological polar surface area (TPSA) is 61.4 Å². The van der Waals surface area contributed by atoms with E-state index in [4.69, 9.17) is 16.7 Å². The third kappa shape index (κ3) is 5.04. The minimum Gasteiger partial charge on any atom is -0.392 e. The van der Waals surface area contributed by atoms with Gasteiger partial charge in [-0.1, -0.05) is 11.6 Å². The maximum absolute atomic E-state index is 11.8. The summed E-state index contributed by atoms with van der Waals surface area (Å²) < 4.78 is 0. The zero-order chi connectivity index (χ0) is 13.5. The van der Waals surface area contributed by atoms with Gasteiger partial charge in [0.25, 0.3) is 5.91 Å². The maximum atomic E-state index is 11.8. The maximum Gasteiger partial charge on any atom is 0.251 e. The molecule has 100 valence electrons. The summed E-state index contributed by atoms with van der Waals surface area (Å²) in [4.78, 5) is 11.8. The second-order valence-corrected chi connectivity index (χ2v) is 4.68. The second-order valence-electron chi connectivity index (χ2n) is 4.27. The molecule has 4 nitrogen and oxygen atoms in total. The third-order valence-corrected chi connectivity index (χ3v) is 2.87. The summed E-state index contributed by atoms with van der Waals surface area (Å²) in [7, 11) is 0. The SMILES string of the molecule is Cc1cc(C(=O)NCCNCC(C)O)ccc1Cl. The van der Waals surface area contributed by atoms with Crippen molar-refractivity contribution >= 4 is 17.5 Å². The van der Waals surface area contributed by atoms with Gasteiger partial charge in [-0.3, -0.25) is 4.79 Å². The molecule has 0 bridgehead atoms. The van der Waals surface area contributed by atoms with E-state index in [0.29, 0.717) is 30.2 Å². The first kappa shape index (κ1) is 15.0. The van der Waals surface area contributed by atoms with Crippen LogP contribution in [-0.4, -0.2) is 36.8 Å². The van der Waals surface area contributed by atoms with Crippen molar-refractivity contribution in [2.24, 2.45) is 0 Å². The van der Waals surface area contributed by atoms with Gasteiger partial charge in [-0.25, -0.2) is 0 Å². The summed E-state index contributed by atoms with van der Waals surface area (Å²) in [5, 5.41) is 15.5. The Labute approximate surface area is 112 Å². The van der Waals surface area contributed by atoms with Crippen molar-refractivity contribution in [1.29, 1.82) is 0 Å². The lowest BCUT2D eigenvalue weighted by Gasteiger charge is -2.08. The van der Waals surface area contributed by atoms with Crippen molar-refractivity contribution in [2.45, 2.75) is 20.0 Å². The Kier molecular flexibility index (Phi) is 6.12. The molecule has 3 N–H and O–H groups in total. The van der Waals surface area contributed by atoms with Gasteiger partial charge in [0.1, 0.15) is 0 Å². The van der Waals surface area contributed by atoms with Crippen LogP contribution in [0.5, 0.6) is 0 Å². The quantitative estimate of drug-likeness (QED) is 0.684. The number of carbonyl (C=O) groups is 1. The van der Waals surface area contributed by atoms with E-state index in [0.717, 1.165) is 5.56 Å². The Morgan fingerprint density at radius 3 is 2.78 bits per heavy atom. The number of aliphatic hydroxyl groups excluding tert-OH is 1. The van der Waals surface area contributed by atoms with Crippen LogP contribution >= 0.6 is 11.6 Å². The van der Waals surface area contributed by atoms with Crippen molar-refractivity contribution in [3.05, 3.63) is 34.3 Å². The summed E-state index contributed by atoms with van der Waals surface area (Å²) in [5.41, 5.74) is 1.49. The Bertz CT molecular complexity index is 408. The number of nitrogens with one attached hydrogen (secondary N) is 2. The smallest absolute Gasteiger partial charge is 0.251 e. The van der Waals surface area contributed by atoms with E-state index in [1.807, 2.05) is 6.92 Å². The lowest BCUT2D eigenvalue weighted by molar-refractivity contribution is 0.0953. The first-order valence-electron chi connectivity index (χ1n) is 5.94. The van der Waals surface area contributed by atoms with E-state index in [2.05, 4.69) is 10.6 Å². The lowest BCUT2D eigenvalue weighted by Crippen LogP contribution is -2.34. The minimum atomic E-state index is -0.375. The van der Waals surface area contributed by atoms with Crippen molar-refractivity contribution in [3.63, 3.8) is 0 Å². The fourth-order valence-corrected chi connectivity index (χ4v) is 1.58. The number of benzene rings is 1. The Morgan fingerprint density at radius 2 is 2.17 bits per heavy atom. The number of hydrogen-bond acceptors (Lipinski definition) is 3. The Morgan fingerprint density at radius 1 is 1.44 bits per heavy atom. The molecule has 0 fully saturated rings. The zero-order valence-corrected chi connectivity index (χ0v) is 11.4. The first-order chi connectivity index (χ1) is 8.50. The van der Waals surface area contributed by atoms with Gasteiger partial charge in [0.15, 0.2) is 0 Å². The number of hydrogen-bond donors (Lipinski definition) is 3. The molecule has 0 spiro atoms. The van der Waals surface area contributed by atoms with Gasteiger partial charge >= 0.3 is 0 Å². The van der Waals surface area contributed by atoms with E-state index in [-0.39, 0.29) is 12.0 Å². The highest BCUT2D eigenvalue weighted by molar-refractivity contribution is 6.31. The Balaban J connectivity index is 2.34. The van der Waals surface area contributed by atoms with Crippen molar-refractivity contribution < 1.29 is 9.90 Å². The van der Waals surface area contributed by atoms with Gasteiger partial charge in [-0.05, 0) is 37.6 Å². The molecule has 0 aliphatic rings. The predicted molar refractivity (Wildman–Crippen MR) is 73.1 cm³/mol. The van der Waals surface area contributed by atoms with E-state index < -0.39 is 0 Å². The van der Waals surface area contributed by atoms with Gasteiger partial charge < -0.3 is 15.7 Å². The van der Waals surface area contributed by atoms with Gasteiger partial charge in [0.2, 0.25) is 0 Å². The van der Waals surface area contributed by atoms with Gasteiger partial charge in [-0.15, -0.1) is 0 Å². The van der Waals surface area contributed by atoms with Crippen LogP contribution in [-0.2, 0) is 0 Å². The van der Waals surface area contributed by atoms with Gasteiger partial charge in [-0.2, -0.15) is 0 Å². The molecule has 5 heteroatoms. The molecule has 1 atom stereocenters. The van der Waals surface area contributed by atoms with Crippen LogP contribution in [0.2, 0.25) is 5.02 Å². The standard InChI is InChI=1S/C13H19ClN2O2/c1-9-7-11(3-4-12(9)14)13(18)16-6-5-15-8-10(2)17/h3-4,7,10,15,17H,5-6,8H2,1-2H3,(H,16,18). The number of carbonyl (C=O) groups excluding carboxylic acids is 1. The van der Waals surface area contributed by atoms with Gasteiger partial charge in [0.05, 0.1) is 6.10 Å². The summed E-state index contributed by atoms with van der Waals surface area (Å²) in [6, 6.07) is 5.19. The number of rotatable bonds is 6. The molecule has 1 unspecified atom stereocenters. The number of aryl methyl sites for hydroxylation is 1. The molecule has 0 aliphatic heterocycles. The highest BCUT2D eigenvalue weighted by atomic mass is 35.5. The van der Waals surface area contributed by atoms with Crippen LogP contribution in [0.3, 0.4) is 0 Å². The normalized spacial score (nSPS) is 12.2. The average molecular weight is 271 g/mol. The molecule has 1 rings (SSSR count). The molecule has 1 amide bonds. The van der Waals surface area contributed by atoms with Crippen LogP contribution in [0.1, 0.15) is 22.8 Å². The molecule has 0 heterocycles. The highest BCUT2D eigenvalue weighted by Crippen LogP contribution is 2.15. The first-order valence-corrected chi connectivity index (χ1v) is 6.31. The second kappa shape index (κ2) is 7.36. The zero-order valence-electron chi connectivity index (χ0n) is 10.7. The van der Waals surface area contributed by atoms with Crippen LogP contribution in [0.25, 0.3) is 0 Å². The molecule has 1 aromatic rings. The molecule has 0 aliphatic carbocycles. The fourth-order valence-electron chi connectivity index (χ4n) is 1.46. The molecule has 0 saturated carbocycles. The van der Waals surface area contributed by atoms with Crippen molar-refractivity contribution in [1.82, 2.24) is 10.6 Å². The molecular weight excluding hydrogens is 252 g/mol. The van der Waals surface area contributed by atoms with E-state index >= 15 is 0 Å². The summed E-state index contributed by atoms with van der Waals surface area (Å²) in [6.45, 7) is 5.25. The van der Waals surface area contributed by atoms with Crippen molar-refractivity contribution in [3.8, 4) is 0 Å². The minimum absolute atomic E-state index is 0.117. The summed E-state index contributed by atoms with van der Waals surface area (Å²) in [5.74, 6) is -0.117. The van der Waals surface area contributed by atoms with Crippen LogP contribution in [0, 0.1) is 6.92 Å². The van der Waals surface area contributed by atoms with Crippen LogP contribution < -0.4 is 10.6 Å². The largest absolute Gasteiger partial charge is 0.392 e. The average Bonchev–Trinajstić information content (AvgIpc) is 2.31. The number of halogens is 1. The van der Waals surface area contributed by atoms with Crippen LogP contribution in [0.15, 0.2) is 18.2 Å². The van der Waals surface area contributed by atoms with E-state index in [9.17, 15) is 4.79 Å². The molecule has 18 heavy (non-hydrogen) atoms. The lowest BCUT2D eigenvalue weighted by atomic mass is 10.1. The fraction of sp³-hybridized carbons (Fsp3) is 0.462. The number of amides is 1. The molecule has 0 radical (unpaired) electrons. The highest BCUT2D eigenvalue weighted by Gasteiger charge is 2.06. The third-order valence-electron chi connectivity index (χ3n) is 2.45. The molecule has 1 aromatic carbocycles. The van der Waals surface area contributed by atoms with Gasteiger partial charge in [0, 0.05) is 30.2 Å². The predicted octanol–water partition coefficient (Wildman–Crippen LogP) is 1.35. The summed E-state index contributed by atoms with van der Waals surface area (Å²) in [6.07, 6.45) is -0.375. The van der Waals surface area contributed by atoms with E-state index in [1.165, 1.54) is 0 Å². The summed E-state index contributed by atoms with van der Waals surface area (Å²) >= 11 is 5.90.